The minimum Gasteiger partial charge on any atom is -0.310 e. The Morgan fingerprint density at radius 3 is 2.35 bits per heavy atom. The third-order valence-electron chi connectivity index (χ3n) is 3.13. The van der Waals surface area contributed by atoms with Crippen LogP contribution in [-0.4, -0.2) is 45.4 Å². The van der Waals surface area contributed by atoms with E-state index in [1.165, 1.54) is 4.31 Å². The summed E-state index contributed by atoms with van der Waals surface area (Å²) in [5, 5.41) is 3.44. The molecule has 114 valence electrons. The molecule has 1 atom stereocenters. The van der Waals surface area contributed by atoms with Crippen LogP contribution in [0.5, 0.6) is 0 Å². The SMILES string of the molecule is CSCCCNC(C)c1ccc(S(=O)(=O)N(C)C)cc1. The fourth-order valence-electron chi connectivity index (χ4n) is 1.79. The minimum absolute atomic E-state index is 0.230. The van der Waals surface area contributed by atoms with E-state index < -0.39 is 10.0 Å². The van der Waals surface area contributed by atoms with E-state index in [0.29, 0.717) is 4.90 Å². The van der Waals surface area contributed by atoms with E-state index in [2.05, 4.69) is 18.5 Å². The van der Waals surface area contributed by atoms with Gasteiger partial charge in [0, 0.05) is 20.1 Å². The Morgan fingerprint density at radius 2 is 1.85 bits per heavy atom. The van der Waals surface area contributed by atoms with Gasteiger partial charge in [-0.1, -0.05) is 12.1 Å². The van der Waals surface area contributed by atoms with Crippen molar-refractivity contribution < 1.29 is 8.42 Å². The van der Waals surface area contributed by atoms with Gasteiger partial charge in [-0.3, -0.25) is 0 Å². The predicted octanol–water partition coefficient (Wildman–Crippen LogP) is 2.34. The van der Waals surface area contributed by atoms with Crippen molar-refractivity contribution in [2.45, 2.75) is 24.3 Å². The molecule has 0 spiro atoms. The molecule has 0 aliphatic rings. The van der Waals surface area contributed by atoms with E-state index in [4.69, 9.17) is 0 Å². The fraction of sp³-hybridized carbons (Fsp3) is 0.571. The van der Waals surface area contributed by atoms with Gasteiger partial charge in [0.2, 0.25) is 10.0 Å². The number of nitrogens with one attached hydrogen (secondary N) is 1. The molecule has 0 amide bonds. The lowest BCUT2D eigenvalue weighted by Gasteiger charge is -2.16. The van der Waals surface area contributed by atoms with Crippen LogP contribution in [0.3, 0.4) is 0 Å². The smallest absolute Gasteiger partial charge is 0.242 e. The normalized spacial score (nSPS) is 13.7. The Bertz CT molecular complexity index is 498. The summed E-state index contributed by atoms with van der Waals surface area (Å²) >= 11 is 1.85. The Balaban J connectivity index is 2.67. The molecule has 0 heterocycles. The molecule has 0 bridgehead atoms. The molecule has 1 aromatic carbocycles. The second-order valence-corrected chi connectivity index (χ2v) is 8.02. The zero-order chi connectivity index (χ0) is 15.2. The van der Waals surface area contributed by atoms with Crippen molar-refractivity contribution in [2.24, 2.45) is 0 Å². The highest BCUT2D eigenvalue weighted by Gasteiger charge is 2.17. The molecular weight excluding hydrogens is 292 g/mol. The predicted molar refractivity (Wildman–Crippen MR) is 86.7 cm³/mol. The van der Waals surface area contributed by atoms with Crippen LogP contribution in [0.2, 0.25) is 0 Å². The summed E-state index contributed by atoms with van der Waals surface area (Å²) in [5.74, 6) is 1.15. The fourth-order valence-corrected chi connectivity index (χ4v) is 3.13. The minimum atomic E-state index is -3.33. The van der Waals surface area contributed by atoms with Gasteiger partial charge in [0.1, 0.15) is 0 Å². The van der Waals surface area contributed by atoms with Gasteiger partial charge in [0.15, 0.2) is 0 Å². The van der Waals surface area contributed by atoms with Gasteiger partial charge >= 0.3 is 0 Å². The van der Waals surface area contributed by atoms with Crippen molar-refractivity contribution in [3.8, 4) is 0 Å². The summed E-state index contributed by atoms with van der Waals surface area (Å²) in [5.41, 5.74) is 1.10. The average Bonchev–Trinajstić information content (AvgIpc) is 2.43. The first-order valence-electron chi connectivity index (χ1n) is 6.64. The number of thioether (sulfide) groups is 1. The zero-order valence-electron chi connectivity index (χ0n) is 12.6. The molecule has 0 aliphatic heterocycles. The van der Waals surface area contributed by atoms with Crippen LogP contribution in [0.25, 0.3) is 0 Å². The largest absolute Gasteiger partial charge is 0.310 e. The van der Waals surface area contributed by atoms with Crippen LogP contribution < -0.4 is 5.32 Å². The highest BCUT2D eigenvalue weighted by molar-refractivity contribution is 7.98. The molecule has 0 saturated heterocycles. The molecule has 1 unspecified atom stereocenters. The summed E-state index contributed by atoms with van der Waals surface area (Å²) in [6.45, 7) is 3.06. The average molecular weight is 316 g/mol. The number of sulfonamides is 1. The Labute approximate surface area is 127 Å². The first-order valence-corrected chi connectivity index (χ1v) is 9.47. The molecule has 0 aliphatic carbocycles. The summed E-state index contributed by atoms with van der Waals surface area (Å²) < 4.78 is 25.2. The van der Waals surface area contributed by atoms with Crippen LogP contribution in [-0.2, 0) is 10.0 Å². The first kappa shape index (κ1) is 17.5. The van der Waals surface area contributed by atoms with E-state index >= 15 is 0 Å². The molecule has 1 rings (SSSR count). The second kappa shape index (κ2) is 8.02. The highest BCUT2D eigenvalue weighted by Crippen LogP contribution is 2.18. The highest BCUT2D eigenvalue weighted by atomic mass is 32.2. The monoisotopic (exact) mass is 316 g/mol. The van der Waals surface area contributed by atoms with Crippen LogP contribution in [0.15, 0.2) is 29.2 Å². The van der Waals surface area contributed by atoms with Crippen LogP contribution in [0.1, 0.15) is 24.9 Å². The van der Waals surface area contributed by atoms with E-state index in [9.17, 15) is 8.42 Å². The molecule has 1 N–H and O–H groups in total. The Hall–Kier alpha value is -0.560. The van der Waals surface area contributed by atoms with Gasteiger partial charge in [-0.05, 0) is 49.6 Å². The van der Waals surface area contributed by atoms with Crippen molar-refractivity contribution >= 4 is 21.8 Å². The van der Waals surface area contributed by atoms with Gasteiger partial charge in [0.25, 0.3) is 0 Å². The van der Waals surface area contributed by atoms with Crippen molar-refractivity contribution in [2.75, 3.05) is 32.6 Å². The molecule has 0 aromatic heterocycles. The van der Waals surface area contributed by atoms with Gasteiger partial charge in [0.05, 0.1) is 4.90 Å². The van der Waals surface area contributed by atoms with E-state index in [0.717, 1.165) is 24.3 Å². The molecule has 0 radical (unpaired) electrons. The lowest BCUT2D eigenvalue weighted by Crippen LogP contribution is -2.23. The lowest BCUT2D eigenvalue weighted by molar-refractivity contribution is 0.520. The summed E-state index contributed by atoms with van der Waals surface area (Å²) in [6.07, 6.45) is 3.24. The van der Waals surface area contributed by atoms with Crippen molar-refractivity contribution in [3.63, 3.8) is 0 Å². The van der Waals surface area contributed by atoms with Gasteiger partial charge < -0.3 is 5.32 Å². The quantitative estimate of drug-likeness (QED) is 0.748. The number of hydrogen-bond donors (Lipinski definition) is 1. The van der Waals surface area contributed by atoms with Crippen LogP contribution in [0, 0.1) is 0 Å². The standard InChI is InChI=1S/C14H24N2O2S2/c1-12(15-10-5-11-19-4)13-6-8-14(9-7-13)20(17,18)16(2)3/h6-9,12,15H,5,10-11H2,1-4H3. The van der Waals surface area contributed by atoms with Gasteiger partial charge in [-0.25, -0.2) is 12.7 Å². The van der Waals surface area contributed by atoms with Crippen molar-refractivity contribution in [3.05, 3.63) is 29.8 Å². The Morgan fingerprint density at radius 1 is 1.25 bits per heavy atom. The van der Waals surface area contributed by atoms with Gasteiger partial charge in [-0.15, -0.1) is 0 Å². The zero-order valence-corrected chi connectivity index (χ0v) is 14.2. The number of rotatable bonds is 8. The first-order chi connectivity index (χ1) is 9.39. The van der Waals surface area contributed by atoms with E-state index in [1.54, 1.807) is 26.2 Å². The third kappa shape index (κ3) is 4.77. The molecular formula is C14H24N2O2S2. The number of benzene rings is 1. The number of nitrogens with zero attached hydrogens (tertiary/aromatic N) is 1. The molecule has 4 nitrogen and oxygen atoms in total. The molecule has 6 heteroatoms. The summed E-state index contributed by atoms with van der Waals surface area (Å²) in [6, 6.07) is 7.33. The topological polar surface area (TPSA) is 49.4 Å². The molecule has 0 fully saturated rings. The maximum Gasteiger partial charge on any atom is 0.242 e. The molecule has 20 heavy (non-hydrogen) atoms. The van der Waals surface area contributed by atoms with Gasteiger partial charge in [-0.2, -0.15) is 11.8 Å². The summed E-state index contributed by atoms with van der Waals surface area (Å²) in [4.78, 5) is 0.334. The van der Waals surface area contributed by atoms with Crippen LogP contribution in [0.4, 0.5) is 0 Å². The van der Waals surface area contributed by atoms with E-state index in [-0.39, 0.29) is 6.04 Å². The lowest BCUT2D eigenvalue weighted by atomic mass is 10.1. The molecule has 0 saturated carbocycles. The van der Waals surface area contributed by atoms with Crippen LogP contribution >= 0.6 is 11.8 Å². The Kier molecular flexibility index (Phi) is 7.02. The van der Waals surface area contributed by atoms with Crippen molar-refractivity contribution in [1.82, 2.24) is 9.62 Å². The van der Waals surface area contributed by atoms with E-state index in [1.807, 2.05) is 23.9 Å². The third-order valence-corrected chi connectivity index (χ3v) is 5.66. The molecule has 1 aromatic rings. The maximum atomic E-state index is 12.0. The summed E-state index contributed by atoms with van der Waals surface area (Å²) in [7, 11) is -0.252. The van der Waals surface area contributed by atoms with Crippen molar-refractivity contribution in [1.29, 1.82) is 0 Å². The second-order valence-electron chi connectivity index (χ2n) is 4.88. The maximum absolute atomic E-state index is 12.0. The number of hydrogen-bond acceptors (Lipinski definition) is 4.